The van der Waals surface area contributed by atoms with E-state index < -0.39 is 37.7 Å². The number of benzene rings is 4. The van der Waals surface area contributed by atoms with Gasteiger partial charge in [0.05, 0.1) is 29.4 Å². The molecule has 0 aliphatic rings. The highest BCUT2D eigenvalue weighted by Crippen LogP contribution is 2.41. The average molecular weight is 929 g/mol. The number of amides is 1. The van der Waals surface area contributed by atoms with Crippen LogP contribution in [0.5, 0.6) is 0 Å². The predicted octanol–water partition coefficient (Wildman–Crippen LogP) is 7.43. The fourth-order valence-electron chi connectivity index (χ4n) is 5.22. The van der Waals surface area contributed by atoms with Gasteiger partial charge in [-0.25, -0.2) is 30.4 Å². The summed E-state index contributed by atoms with van der Waals surface area (Å²) < 4.78 is 88.4. The molecule has 4 N–H and O–H groups in total. The van der Waals surface area contributed by atoms with Crippen molar-refractivity contribution in [2.75, 3.05) is 49.3 Å². The van der Waals surface area contributed by atoms with Crippen LogP contribution in [0.3, 0.4) is 0 Å². The van der Waals surface area contributed by atoms with Gasteiger partial charge < -0.3 is 25.0 Å². The molecule has 0 spiro atoms. The first-order valence-corrected chi connectivity index (χ1v) is 21.0. The molecule has 0 saturated carbocycles. The zero-order valence-electron chi connectivity index (χ0n) is 29.9. The minimum Gasteiger partial charge on any atom is -0.478 e. The van der Waals surface area contributed by atoms with Gasteiger partial charge in [-0.1, -0.05) is 0 Å². The number of fused-ring (bicyclic) bond motifs is 2. The van der Waals surface area contributed by atoms with E-state index in [0.717, 1.165) is 21.1 Å². The highest BCUT2D eigenvalue weighted by molar-refractivity contribution is 9.11. The fraction of sp³-hybridized carbons (Fsp3) is 0.167. The summed E-state index contributed by atoms with van der Waals surface area (Å²) in [5.41, 5.74) is 6.84. The summed E-state index contributed by atoms with van der Waals surface area (Å²) in [6.07, 6.45) is 2.14. The van der Waals surface area contributed by atoms with Crippen LogP contribution < -0.4 is 19.7 Å². The number of anilines is 2. The molecule has 0 unspecified atom stereocenters. The summed E-state index contributed by atoms with van der Waals surface area (Å²) in [6.45, 7) is 0. The van der Waals surface area contributed by atoms with Crippen LogP contribution in [0, 0.1) is 11.6 Å². The molecule has 6 aromatic rings. The van der Waals surface area contributed by atoms with Crippen LogP contribution >= 0.6 is 31.9 Å². The van der Waals surface area contributed by atoms with E-state index in [1.54, 1.807) is 12.1 Å². The zero-order chi connectivity index (χ0) is 41.2. The first-order chi connectivity index (χ1) is 25.7. The second-order valence-corrected chi connectivity index (χ2v) is 17.3. The zero-order valence-corrected chi connectivity index (χ0v) is 34.7. The molecule has 0 fully saturated rings. The number of hydrogen-bond donors (Lipinski definition) is 3. The molecule has 0 aliphatic carbocycles. The number of carbonyl (C=O) groups is 2. The van der Waals surface area contributed by atoms with Crippen molar-refractivity contribution >= 4 is 97.1 Å². The number of carboxylic acid groups (broad SMARTS) is 1. The van der Waals surface area contributed by atoms with Gasteiger partial charge in [0.1, 0.15) is 39.9 Å². The largest absolute Gasteiger partial charge is 0.478 e. The van der Waals surface area contributed by atoms with Gasteiger partial charge in [0.15, 0.2) is 0 Å². The minimum atomic E-state index is -3.52. The highest BCUT2D eigenvalue weighted by atomic mass is 79.9. The Kier molecular flexibility index (Phi) is 13.2. The van der Waals surface area contributed by atoms with Gasteiger partial charge >= 0.3 is 5.97 Å². The number of hydrogen-bond acceptors (Lipinski definition) is 9. The van der Waals surface area contributed by atoms with Crippen molar-refractivity contribution in [3.63, 3.8) is 0 Å². The Morgan fingerprint density at radius 2 is 1.04 bits per heavy atom. The van der Waals surface area contributed by atoms with Crippen molar-refractivity contribution in [3.05, 3.63) is 105 Å². The predicted molar refractivity (Wildman–Crippen MR) is 216 cm³/mol. The Morgan fingerprint density at radius 1 is 0.691 bits per heavy atom. The summed E-state index contributed by atoms with van der Waals surface area (Å²) in [4.78, 5) is 24.2. The Bertz CT molecular complexity index is 2630. The van der Waals surface area contributed by atoms with Gasteiger partial charge in [-0.3, -0.25) is 13.4 Å². The topological polar surface area (TPSA) is 193 Å². The molecule has 4 aromatic carbocycles. The van der Waals surface area contributed by atoms with E-state index in [0.29, 0.717) is 47.8 Å². The lowest BCUT2D eigenvalue weighted by Crippen LogP contribution is -2.25. The molecule has 2 aromatic heterocycles. The molecule has 6 rings (SSSR count). The number of furan rings is 2. The van der Waals surface area contributed by atoms with Crippen molar-refractivity contribution in [1.82, 2.24) is 5.32 Å². The highest BCUT2D eigenvalue weighted by Gasteiger charge is 2.26. The van der Waals surface area contributed by atoms with Crippen LogP contribution in [0.2, 0.25) is 0 Å². The number of nitrogens with two attached hydrogens (primary N) is 1. The Morgan fingerprint density at radius 3 is 1.36 bits per heavy atom. The SMILES string of the molecule is CN.CN(c1cc2oc(-c3ccc(F)cc3)c(C(=O)O)c2cc1Br)S(C)(=O)=O.CNC(=O)c1c(-c2ccc(F)cc2)oc2cc(N(C)S(C)(=O)=O)c(Br)cc12. The Labute approximate surface area is 332 Å². The molecule has 0 atom stereocenters. The number of nitrogens with one attached hydrogen (secondary N) is 1. The van der Waals surface area contributed by atoms with Crippen LogP contribution in [0.4, 0.5) is 20.2 Å². The molecule has 0 radical (unpaired) electrons. The lowest BCUT2D eigenvalue weighted by atomic mass is 10.0. The standard InChI is InChI=1S/C18H16BrFN2O4S.C17H13BrFNO5S.CH5N/c1-21-18(23)16-12-8-13(19)14(22(2)27(3,24)25)9-15(12)26-17(16)10-4-6-11(20)7-5-10;1-20(26(2,23)24)13-8-14-11(7-12(13)18)15(17(21)22)16(25-14)9-3-5-10(19)6-4-9;1-2/h4-9H,1-3H3,(H,21,23);3-8H,1-2H3,(H,21,22);2H2,1H3. The fourth-order valence-corrected chi connectivity index (χ4v) is 7.69. The second kappa shape index (κ2) is 16.9. The monoisotopic (exact) mass is 926 g/mol. The van der Waals surface area contributed by atoms with E-state index >= 15 is 0 Å². The molecule has 0 saturated heterocycles. The van der Waals surface area contributed by atoms with Crippen LogP contribution in [0.15, 0.2) is 90.6 Å². The summed E-state index contributed by atoms with van der Waals surface area (Å²) in [5, 5.41) is 13.0. The maximum Gasteiger partial charge on any atom is 0.340 e. The van der Waals surface area contributed by atoms with E-state index in [1.165, 1.54) is 88.9 Å². The van der Waals surface area contributed by atoms with Gasteiger partial charge in [0.2, 0.25) is 20.0 Å². The second-order valence-electron chi connectivity index (χ2n) is 11.6. The smallest absolute Gasteiger partial charge is 0.340 e. The van der Waals surface area contributed by atoms with Gasteiger partial charge in [-0.15, -0.1) is 0 Å². The van der Waals surface area contributed by atoms with Crippen LogP contribution in [-0.2, 0) is 20.0 Å². The normalized spacial score (nSPS) is 11.3. The lowest BCUT2D eigenvalue weighted by Gasteiger charge is -2.18. The maximum absolute atomic E-state index is 13.3. The number of carboxylic acids is 1. The minimum absolute atomic E-state index is 0.0681. The van der Waals surface area contributed by atoms with Crippen molar-refractivity contribution in [2.24, 2.45) is 5.73 Å². The van der Waals surface area contributed by atoms with Gasteiger partial charge in [0.25, 0.3) is 5.91 Å². The molecule has 0 bridgehead atoms. The number of sulfonamides is 2. The average Bonchev–Trinajstić information content (AvgIpc) is 3.69. The molecule has 55 heavy (non-hydrogen) atoms. The molecule has 2 heterocycles. The number of rotatable bonds is 8. The molecular weight excluding hydrogens is 894 g/mol. The maximum atomic E-state index is 13.3. The van der Waals surface area contributed by atoms with E-state index in [4.69, 9.17) is 8.83 Å². The van der Waals surface area contributed by atoms with E-state index in [9.17, 15) is 40.3 Å². The molecule has 1 amide bonds. The quantitative estimate of drug-likeness (QED) is 0.138. The summed E-state index contributed by atoms with van der Waals surface area (Å²) >= 11 is 6.64. The third kappa shape index (κ3) is 9.18. The first-order valence-electron chi connectivity index (χ1n) is 15.7. The first kappa shape index (κ1) is 42.9. The van der Waals surface area contributed by atoms with Crippen molar-refractivity contribution in [2.45, 2.75) is 0 Å². The third-order valence-electron chi connectivity index (χ3n) is 8.07. The summed E-state index contributed by atoms with van der Waals surface area (Å²) in [7, 11) is -1.21. The Balaban J connectivity index is 0.000000234. The van der Waals surface area contributed by atoms with E-state index in [1.807, 2.05) is 0 Å². The number of aromatic carboxylic acids is 1. The van der Waals surface area contributed by atoms with Crippen molar-refractivity contribution in [1.29, 1.82) is 0 Å². The molecule has 13 nitrogen and oxygen atoms in total. The van der Waals surface area contributed by atoms with Crippen LogP contribution in [0.1, 0.15) is 20.7 Å². The Hall–Kier alpha value is -4.82. The van der Waals surface area contributed by atoms with Gasteiger partial charge in [0, 0.05) is 64.1 Å². The lowest BCUT2D eigenvalue weighted by molar-refractivity contribution is 0.0698. The van der Waals surface area contributed by atoms with Crippen molar-refractivity contribution in [3.8, 4) is 22.6 Å². The molecule has 0 aliphatic heterocycles. The van der Waals surface area contributed by atoms with Gasteiger partial charge in [-0.05, 0) is 99.6 Å². The molecule has 19 heteroatoms. The number of halogens is 4. The van der Waals surface area contributed by atoms with E-state index in [2.05, 4.69) is 42.9 Å². The summed E-state index contributed by atoms with van der Waals surface area (Å²) in [6, 6.07) is 16.9. The van der Waals surface area contributed by atoms with Gasteiger partial charge in [-0.2, -0.15) is 0 Å². The van der Waals surface area contributed by atoms with Crippen LogP contribution in [-0.4, -0.2) is 74.5 Å². The number of nitrogens with zero attached hydrogens (tertiary/aromatic N) is 2. The number of carbonyl (C=O) groups excluding carboxylic acids is 1. The third-order valence-corrected chi connectivity index (χ3v) is 11.7. The summed E-state index contributed by atoms with van der Waals surface area (Å²) in [5.74, 6) is -2.10. The molecular formula is C36H34Br2F2N4O9S2. The van der Waals surface area contributed by atoms with E-state index in [-0.39, 0.29) is 34.1 Å². The molecule has 292 valence electrons. The van der Waals surface area contributed by atoms with Crippen molar-refractivity contribution < 1.29 is 49.1 Å². The van der Waals surface area contributed by atoms with Crippen LogP contribution in [0.25, 0.3) is 44.6 Å².